The number of hydrogen-bond donors (Lipinski definition) is 3. The highest BCUT2D eigenvalue weighted by Crippen LogP contribution is 2.35. The molecular formula is C20H18N4O2S. The number of aromatic nitrogens is 2. The fraction of sp³-hybridized carbons (Fsp3) is 0.150. The van der Waals surface area contributed by atoms with Gasteiger partial charge in [0.1, 0.15) is 9.71 Å². The lowest BCUT2D eigenvalue weighted by Gasteiger charge is -2.08. The van der Waals surface area contributed by atoms with Gasteiger partial charge in [-0.25, -0.2) is 4.98 Å². The Balaban J connectivity index is 1.75. The van der Waals surface area contributed by atoms with E-state index in [2.05, 4.69) is 15.3 Å². The molecule has 0 aliphatic heterocycles. The number of aryl methyl sites for hydroxylation is 1. The van der Waals surface area contributed by atoms with Gasteiger partial charge in [0, 0.05) is 45.5 Å². The standard InChI is InChI=1S/C20H18N4O2S/c1-10-14(11(2)25)8-15-17(21)18(27-20(15)23-10)19(26)24-16-5-3-4-12-9-22-7-6-13(12)16/h3-9,11,25H,21H2,1-2H3,(H,24,26). The van der Waals surface area contributed by atoms with Gasteiger partial charge in [-0.3, -0.25) is 9.78 Å². The Labute approximate surface area is 159 Å². The highest BCUT2D eigenvalue weighted by atomic mass is 32.1. The van der Waals surface area contributed by atoms with Crippen molar-refractivity contribution in [3.63, 3.8) is 0 Å². The van der Waals surface area contributed by atoms with Crippen molar-refractivity contribution in [2.24, 2.45) is 0 Å². The smallest absolute Gasteiger partial charge is 0.267 e. The van der Waals surface area contributed by atoms with Gasteiger partial charge in [0.2, 0.25) is 0 Å². The zero-order valence-electron chi connectivity index (χ0n) is 14.9. The minimum absolute atomic E-state index is 0.281. The number of nitrogens with zero attached hydrogens (tertiary/aromatic N) is 2. The Morgan fingerprint density at radius 3 is 2.89 bits per heavy atom. The normalized spacial score (nSPS) is 12.4. The van der Waals surface area contributed by atoms with Gasteiger partial charge in [0.05, 0.1) is 11.8 Å². The molecule has 4 aromatic rings. The molecule has 0 saturated carbocycles. The molecule has 0 spiro atoms. The van der Waals surface area contributed by atoms with Crippen molar-refractivity contribution < 1.29 is 9.90 Å². The molecule has 1 unspecified atom stereocenters. The van der Waals surface area contributed by atoms with Gasteiger partial charge in [-0.15, -0.1) is 11.3 Å². The average molecular weight is 378 g/mol. The largest absolute Gasteiger partial charge is 0.397 e. The lowest BCUT2D eigenvalue weighted by molar-refractivity contribution is 0.103. The number of nitrogens with two attached hydrogens (primary N) is 1. The van der Waals surface area contributed by atoms with Crippen molar-refractivity contribution in [2.75, 3.05) is 11.1 Å². The zero-order chi connectivity index (χ0) is 19.1. The summed E-state index contributed by atoms with van der Waals surface area (Å²) in [5.74, 6) is -0.281. The topological polar surface area (TPSA) is 101 Å². The maximum atomic E-state index is 12.9. The first kappa shape index (κ1) is 17.4. The van der Waals surface area contributed by atoms with E-state index in [-0.39, 0.29) is 5.91 Å². The summed E-state index contributed by atoms with van der Waals surface area (Å²) in [4.78, 5) is 22.6. The number of nitrogen functional groups attached to an aromatic ring is 1. The van der Waals surface area contributed by atoms with Gasteiger partial charge in [-0.2, -0.15) is 0 Å². The lowest BCUT2D eigenvalue weighted by Crippen LogP contribution is -2.12. The van der Waals surface area contributed by atoms with E-state index in [1.165, 1.54) is 11.3 Å². The monoisotopic (exact) mass is 378 g/mol. The van der Waals surface area contributed by atoms with Crippen LogP contribution in [0, 0.1) is 6.92 Å². The van der Waals surface area contributed by atoms with Crippen LogP contribution < -0.4 is 11.1 Å². The van der Waals surface area contributed by atoms with Gasteiger partial charge >= 0.3 is 0 Å². The number of rotatable bonds is 3. The van der Waals surface area contributed by atoms with E-state index in [0.29, 0.717) is 32.0 Å². The van der Waals surface area contributed by atoms with E-state index >= 15 is 0 Å². The van der Waals surface area contributed by atoms with Gasteiger partial charge in [-0.1, -0.05) is 12.1 Å². The number of amides is 1. The quantitative estimate of drug-likeness (QED) is 0.499. The molecule has 3 aromatic heterocycles. The van der Waals surface area contributed by atoms with E-state index in [4.69, 9.17) is 5.73 Å². The van der Waals surface area contributed by atoms with E-state index in [9.17, 15) is 9.90 Å². The van der Waals surface area contributed by atoms with Gasteiger partial charge in [0.25, 0.3) is 5.91 Å². The molecule has 0 aliphatic rings. The summed E-state index contributed by atoms with van der Waals surface area (Å²) in [5.41, 5.74) is 8.76. The number of aliphatic hydroxyl groups is 1. The Bertz CT molecular complexity index is 1180. The minimum atomic E-state index is -0.650. The molecule has 7 heteroatoms. The molecule has 1 amide bonds. The molecule has 4 rings (SSSR count). The average Bonchev–Trinajstić information content (AvgIpc) is 2.97. The van der Waals surface area contributed by atoms with Gasteiger partial charge in [-0.05, 0) is 32.0 Å². The van der Waals surface area contributed by atoms with Crippen molar-refractivity contribution in [3.8, 4) is 0 Å². The van der Waals surface area contributed by atoms with Crippen LogP contribution in [0.5, 0.6) is 0 Å². The van der Waals surface area contributed by atoms with E-state index in [1.54, 1.807) is 19.3 Å². The second kappa shape index (κ2) is 6.61. The summed E-state index contributed by atoms with van der Waals surface area (Å²) in [5, 5.41) is 15.4. The third kappa shape index (κ3) is 3.01. The summed E-state index contributed by atoms with van der Waals surface area (Å²) in [6.07, 6.45) is 2.79. The third-order valence-electron chi connectivity index (χ3n) is 4.54. The summed E-state index contributed by atoms with van der Waals surface area (Å²) in [7, 11) is 0. The van der Waals surface area contributed by atoms with E-state index in [0.717, 1.165) is 16.5 Å². The molecule has 0 bridgehead atoms. The minimum Gasteiger partial charge on any atom is -0.397 e. The second-order valence-electron chi connectivity index (χ2n) is 6.39. The predicted octanol–water partition coefficient (Wildman–Crippen LogP) is 4.04. The van der Waals surface area contributed by atoms with Gasteiger partial charge in [0.15, 0.2) is 0 Å². The molecule has 0 aliphatic carbocycles. The summed E-state index contributed by atoms with van der Waals surface area (Å²) < 4.78 is 0. The number of aliphatic hydroxyl groups excluding tert-OH is 1. The maximum absolute atomic E-state index is 12.9. The molecule has 0 fully saturated rings. The molecule has 0 saturated heterocycles. The van der Waals surface area contributed by atoms with Crippen LogP contribution in [0.25, 0.3) is 21.0 Å². The van der Waals surface area contributed by atoms with Crippen LogP contribution in [-0.2, 0) is 0 Å². The van der Waals surface area contributed by atoms with Gasteiger partial charge < -0.3 is 16.2 Å². The molecule has 6 nitrogen and oxygen atoms in total. The van der Waals surface area contributed by atoms with Crippen molar-refractivity contribution >= 4 is 49.6 Å². The SMILES string of the molecule is Cc1nc2sc(C(=O)Nc3cccc4cnccc34)c(N)c2cc1C(C)O. The molecular weight excluding hydrogens is 360 g/mol. The molecule has 1 atom stereocenters. The summed E-state index contributed by atoms with van der Waals surface area (Å²) in [6.45, 7) is 3.52. The Hall–Kier alpha value is -3.03. The van der Waals surface area contributed by atoms with Crippen LogP contribution in [0.4, 0.5) is 11.4 Å². The number of hydrogen-bond acceptors (Lipinski definition) is 6. The lowest BCUT2D eigenvalue weighted by atomic mass is 10.1. The fourth-order valence-electron chi connectivity index (χ4n) is 3.15. The van der Waals surface area contributed by atoms with E-state index < -0.39 is 6.10 Å². The van der Waals surface area contributed by atoms with Crippen LogP contribution >= 0.6 is 11.3 Å². The number of carbonyl (C=O) groups is 1. The predicted molar refractivity (Wildman–Crippen MR) is 109 cm³/mol. The number of nitrogens with one attached hydrogen (secondary N) is 1. The molecule has 136 valence electrons. The first-order valence-corrected chi connectivity index (χ1v) is 9.29. The molecule has 1 aromatic carbocycles. The zero-order valence-corrected chi connectivity index (χ0v) is 15.7. The molecule has 27 heavy (non-hydrogen) atoms. The highest BCUT2D eigenvalue weighted by molar-refractivity contribution is 7.21. The first-order chi connectivity index (χ1) is 13.0. The summed E-state index contributed by atoms with van der Waals surface area (Å²) >= 11 is 1.25. The first-order valence-electron chi connectivity index (χ1n) is 8.47. The summed E-state index contributed by atoms with van der Waals surface area (Å²) in [6, 6.07) is 9.33. The highest BCUT2D eigenvalue weighted by Gasteiger charge is 2.20. The number of pyridine rings is 2. The van der Waals surface area contributed by atoms with Crippen molar-refractivity contribution in [1.29, 1.82) is 0 Å². The van der Waals surface area contributed by atoms with Crippen LogP contribution in [0.1, 0.15) is 34.0 Å². The van der Waals surface area contributed by atoms with Crippen LogP contribution in [0.15, 0.2) is 42.7 Å². The second-order valence-corrected chi connectivity index (χ2v) is 7.39. The molecule has 4 N–H and O–H groups in total. The fourth-order valence-corrected chi connectivity index (χ4v) is 4.16. The van der Waals surface area contributed by atoms with E-state index in [1.807, 2.05) is 37.3 Å². The van der Waals surface area contributed by atoms with Crippen LogP contribution in [0.3, 0.4) is 0 Å². The van der Waals surface area contributed by atoms with Crippen molar-refractivity contribution in [3.05, 3.63) is 58.9 Å². The number of anilines is 2. The molecule has 3 heterocycles. The number of carbonyl (C=O) groups excluding carboxylic acids is 1. The van der Waals surface area contributed by atoms with Crippen LogP contribution in [-0.4, -0.2) is 21.0 Å². The van der Waals surface area contributed by atoms with Crippen molar-refractivity contribution in [2.45, 2.75) is 20.0 Å². The number of fused-ring (bicyclic) bond motifs is 2. The Morgan fingerprint density at radius 1 is 1.30 bits per heavy atom. The van der Waals surface area contributed by atoms with Crippen molar-refractivity contribution in [1.82, 2.24) is 9.97 Å². The third-order valence-corrected chi connectivity index (χ3v) is 5.65. The molecule has 0 radical (unpaired) electrons. The van der Waals surface area contributed by atoms with Crippen LogP contribution in [0.2, 0.25) is 0 Å². The Kier molecular flexibility index (Phi) is 4.25. The number of benzene rings is 1. The maximum Gasteiger partial charge on any atom is 0.267 e. The number of thiophene rings is 1. The Morgan fingerprint density at radius 2 is 2.11 bits per heavy atom.